The van der Waals surface area contributed by atoms with E-state index in [0.29, 0.717) is 31.6 Å². The SMILES string of the molecule is CSc1ccccc1C(=N)N1C=CN(CCCCN2C(=O)C3CCCCC3(O)C2=O)C=C1. The Morgan fingerprint density at radius 2 is 1.84 bits per heavy atom. The van der Waals surface area contributed by atoms with Gasteiger partial charge in [0.2, 0.25) is 5.91 Å². The summed E-state index contributed by atoms with van der Waals surface area (Å²) in [6.45, 7) is 1.11. The van der Waals surface area contributed by atoms with E-state index in [0.717, 1.165) is 36.3 Å². The Morgan fingerprint density at radius 3 is 2.56 bits per heavy atom. The Labute approximate surface area is 193 Å². The number of likely N-dealkylation sites (tertiary alicyclic amines) is 1. The van der Waals surface area contributed by atoms with Gasteiger partial charge in [-0.3, -0.25) is 19.9 Å². The van der Waals surface area contributed by atoms with Gasteiger partial charge in [0.05, 0.1) is 5.92 Å². The van der Waals surface area contributed by atoms with Gasteiger partial charge in [-0.1, -0.05) is 24.6 Å². The molecule has 2 atom stereocenters. The van der Waals surface area contributed by atoms with Crippen molar-refractivity contribution in [3.63, 3.8) is 0 Å². The second kappa shape index (κ2) is 9.50. The molecular weight excluding hydrogens is 424 g/mol. The number of benzene rings is 1. The number of amides is 2. The molecule has 1 saturated carbocycles. The molecule has 2 aliphatic heterocycles. The third-order valence-electron chi connectivity index (χ3n) is 6.56. The van der Waals surface area contributed by atoms with Crippen LogP contribution in [0.25, 0.3) is 0 Å². The third-order valence-corrected chi connectivity index (χ3v) is 7.36. The first-order valence-corrected chi connectivity index (χ1v) is 12.4. The van der Waals surface area contributed by atoms with E-state index in [9.17, 15) is 14.7 Å². The molecule has 4 rings (SSSR count). The maximum atomic E-state index is 12.6. The molecule has 2 unspecified atom stereocenters. The van der Waals surface area contributed by atoms with Crippen LogP contribution in [0.3, 0.4) is 0 Å². The molecule has 7 nitrogen and oxygen atoms in total. The highest BCUT2D eigenvalue weighted by atomic mass is 32.2. The first-order chi connectivity index (χ1) is 15.5. The maximum Gasteiger partial charge on any atom is 0.261 e. The van der Waals surface area contributed by atoms with Crippen molar-refractivity contribution in [1.82, 2.24) is 14.7 Å². The van der Waals surface area contributed by atoms with Crippen LogP contribution in [0.4, 0.5) is 0 Å². The number of hydrogen-bond acceptors (Lipinski definition) is 6. The third kappa shape index (κ3) is 4.21. The zero-order valence-corrected chi connectivity index (χ0v) is 19.2. The van der Waals surface area contributed by atoms with Crippen LogP contribution in [-0.2, 0) is 9.59 Å². The zero-order chi connectivity index (χ0) is 22.7. The van der Waals surface area contributed by atoms with Gasteiger partial charge in [-0.05, 0) is 44.4 Å². The van der Waals surface area contributed by atoms with E-state index in [1.807, 2.05) is 60.2 Å². The van der Waals surface area contributed by atoms with E-state index < -0.39 is 17.4 Å². The lowest BCUT2D eigenvalue weighted by Gasteiger charge is -2.29. The molecular formula is C24H30N4O3S. The number of amidine groups is 1. The summed E-state index contributed by atoms with van der Waals surface area (Å²) in [6, 6.07) is 7.89. The van der Waals surface area contributed by atoms with Crippen molar-refractivity contribution in [2.24, 2.45) is 5.92 Å². The molecule has 8 heteroatoms. The number of fused-ring (bicyclic) bond motifs is 1. The molecule has 1 aromatic rings. The van der Waals surface area contributed by atoms with E-state index in [4.69, 9.17) is 5.41 Å². The van der Waals surface area contributed by atoms with Crippen LogP contribution in [0.2, 0.25) is 0 Å². The minimum Gasteiger partial charge on any atom is -0.379 e. The lowest BCUT2D eigenvalue weighted by atomic mass is 9.77. The summed E-state index contributed by atoms with van der Waals surface area (Å²) in [5.74, 6) is -0.721. The Hall–Kier alpha value is -2.58. The van der Waals surface area contributed by atoms with Crippen molar-refractivity contribution in [2.45, 2.75) is 49.0 Å². The number of aliphatic hydroxyl groups is 1. The zero-order valence-electron chi connectivity index (χ0n) is 18.4. The molecule has 0 spiro atoms. The minimum atomic E-state index is -1.46. The van der Waals surface area contributed by atoms with Gasteiger partial charge in [-0.2, -0.15) is 0 Å². The average molecular weight is 455 g/mol. The van der Waals surface area contributed by atoms with Crippen molar-refractivity contribution in [3.05, 3.63) is 54.6 Å². The van der Waals surface area contributed by atoms with Gasteiger partial charge in [-0.25, -0.2) is 0 Å². The monoisotopic (exact) mass is 454 g/mol. The Kier molecular flexibility index (Phi) is 6.71. The summed E-state index contributed by atoms with van der Waals surface area (Å²) in [5.41, 5.74) is -0.568. The molecule has 2 N–H and O–H groups in total. The van der Waals surface area contributed by atoms with Gasteiger partial charge in [0.25, 0.3) is 5.91 Å². The molecule has 1 aromatic carbocycles. The van der Waals surface area contributed by atoms with E-state index in [1.165, 1.54) is 4.90 Å². The fourth-order valence-corrected chi connectivity index (χ4v) is 5.33. The summed E-state index contributed by atoms with van der Waals surface area (Å²) in [6.07, 6.45) is 13.8. The first kappa shape index (κ1) is 22.6. The Bertz CT molecular complexity index is 948. The number of rotatable bonds is 7. The molecule has 32 heavy (non-hydrogen) atoms. The van der Waals surface area contributed by atoms with Crippen molar-refractivity contribution in [3.8, 4) is 0 Å². The van der Waals surface area contributed by atoms with E-state index in [1.54, 1.807) is 16.7 Å². The molecule has 0 aromatic heterocycles. The van der Waals surface area contributed by atoms with Crippen molar-refractivity contribution < 1.29 is 14.7 Å². The molecule has 3 aliphatic rings. The topological polar surface area (TPSA) is 87.9 Å². The number of thioether (sulfide) groups is 1. The molecule has 2 heterocycles. The van der Waals surface area contributed by atoms with Crippen molar-refractivity contribution in [2.75, 3.05) is 19.3 Å². The summed E-state index contributed by atoms with van der Waals surface area (Å²) in [7, 11) is 0. The predicted molar refractivity (Wildman–Crippen MR) is 125 cm³/mol. The van der Waals surface area contributed by atoms with Gasteiger partial charge < -0.3 is 14.9 Å². The second-order valence-corrected chi connectivity index (χ2v) is 9.36. The summed E-state index contributed by atoms with van der Waals surface area (Å²) >= 11 is 1.63. The number of carbonyl (C=O) groups is 2. The number of nitrogens with one attached hydrogen (secondary N) is 1. The highest BCUT2D eigenvalue weighted by molar-refractivity contribution is 7.98. The smallest absolute Gasteiger partial charge is 0.261 e. The summed E-state index contributed by atoms with van der Waals surface area (Å²) < 4.78 is 0. The molecule has 2 fully saturated rings. The fraction of sp³-hybridized carbons (Fsp3) is 0.458. The quantitative estimate of drug-likeness (QED) is 0.216. The van der Waals surface area contributed by atoms with E-state index in [-0.39, 0.29) is 5.91 Å². The molecule has 0 radical (unpaired) electrons. The average Bonchev–Trinajstić information content (AvgIpc) is 3.02. The molecule has 1 aliphatic carbocycles. The highest BCUT2D eigenvalue weighted by Gasteiger charge is 2.58. The molecule has 0 bridgehead atoms. The number of nitrogens with zero attached hydrogens (tertiary/aromatic N) is 3. The van der Waals surface area contributed by atoms with Crippen LogP contribution in [0.15, 0.2) is 54.0 Å². The predicted octanol–water partition coefficient (Wildman–Crippen LogP) is 3.36. The largest absolute Gasteiger partial charge is 0.379 e. The number of unbranched alkanes of at least 4 members (excludes halogenated alkanes) is 1. The normalized spacial score (nSPS) is 24.9. The first-order valence-electron chi connectivity index (χ1n) is 11.2. The fourth-order valence-electron chi connectivity index (χ4n) is 4.73. The molecule has 1 saturated heterocycles. The van der Waals surface area contributed by atoms with Gasteiger partial charge in [0.15, 0.2) is 5.60 Å². The Morgan fingerprint density at radius 1 is 1.12 bits per heavy atom. The van der Waals surface area contributed by atoms with Gasteiger partial charge >= 0.3 is 0 Å². The maximum absolute atomic E-state index is 12.6. The van der Waals surface area contributed by atoms with Crippen LogP contribution in [0.1, 0.15) is 44.1 Å². The minimum absolute atomic E-state index is 0.199. The Balaban J connectivity index is 1.25. The van der Waals surface area contributed by atoms with E-state index >= 15 is 0 Å². The van der Waals surface area contributed by atoms with Crippen LogP contribution >= 0.6 is 11.8 Å². The standard InChI is InChI=1S/C24H30N4O3S/c1-32-20-10-3-2-8-18(20)21(25)27-16-14-26(15-17-27)12-6-7-13-28-22(29)19-9-4-5-11-24(19,31)23(28)30/h2-3,8,10,14-17,19,25,31H,4-7,9,11-13H2,1H3. The highest BCUT2D eigenvalue weighted by Crippen LogP contribution is 2.41. The van der Waals surface area contributed by atoms with Gasteiger partial charge in [0.1, 0.15) is 5.84 Å². The van der Waals surface area contributed by atoms with Gasteiger partial charge in [0, 0.05) is 48.3 Å². The summed E-state index contributed by atoms with van der Waals surface area (Å²) in [4.78, 5) is 31.4. The molecule has 2 amide bonds. The van der Waals surface area contributed by atoms with Crippen LogP contribution in [-0.4, -0.2) is 62.4 Å². The van der Waals surface area contributed by atoms with Gasteiger partial charge in [-0.15, -0.1) is 11.8 Å². The lowest BCUT2D eigenvalue weighted by molar-refractivity contribution is -0.148. The molecule has 170 valence electrons. The number of imide groups is 1. The van der Waals surface area contributed by atoms with Crippen LogP contribution < -0.4 is 0 Å². The summed E-state index contributed by atoms with van der Waals surface area (Å²) in [5, 5.41) is 19.2. The van der Waals surface area contributed by atoms with Crippen molar-refractivity contribution >= 4 is 29.4 Å². The van der Waals surface area contributed by atoms with Crippen LogP contribution in [0, 0.1) is 11.3 Å². The lowest BCUT2D eigenvalue weighted by Crippen LogP contribution is -2.45. The number of carbonyl (C=O) groups excluding carboxylic acids is 2. The van der Waals surface area contributed by atoms with Crippen molar-refractivity contribution in [1.29, 1.82) is 5.41 Å². The van der Waals surface area contributed by atoms with E-state index in [2.05, 4.69) is 0 Å². The second-order valence-electron chi connectivity index (χ2n) is 8.52. The van der Waals surface area contributed by atoms with Crippen LogP contribution in [0.5, 0.6) is 0 Å². The number of hydrogen-bond donors (Lipinski definition) is 2.